The Bertz CT molecular complexity index is 430. The molecule has 0 aromatic carbocycles. The molecule has 2 rings (SSSR count). The second kappa shape index (κ2) is 5.49. The van der Waals surface area contributed by atoms with E-state index in [-0.39, 0.29) is 5.91 Å². The molecule has 0 aliphatic carbocycles. The van der Waals surface area contributed by atoms with Crippen molar-refractivity contribution in [3.8, 4) is 0 Å². The van der Waals surface area contributed by atoms with E-state index in [1.165, 1.54) is 0 Å². The van der Waals surface area contributed by atoms with Gasteiger partial charge in [-0.3, -0.25) is 9.48 Å². The molecule has 0 saturated carbocycles. The lowest BCUT2D eigenvalue weighted by molar-refractivity contribution is -0.132. The average Bonchev–Trinajstić information content (AvgIpc) is 2.69. The van der Waals surface area contributed by atoms with Gasteiger partial charge >= 0.3 is 0 Å². The molecule has 0 spiro atoms. The van der Waals surface area contributed by atoms with Gasteiger partial charge < -0.3 is 15.0 Å². The number of morpholine rings is 1. The van der Waals surface area contributed by atoms with Crippen molar-refractivity contribution in [1.29, 1.82) is 0 Å². The Hall–Kier alpha value is -1.40. The van der Waals surface area contributed by atoms with Gasteiger partial charge in [0.1, 0.15) is 6.10 Å². The van der Waals surface area contributed by atoms with Crippen molar-refractivity contribution < 1.29 is 9.53 Å². The zero-order valence-corrected chi connectivity index (χ0v) is 11.1. The number of ether oxygens (including phenoxy) is 1. The topological polar surface area (TPSA) is 59.4 Å². The van der Waals surface area contributed by atoms with Gasteiger partial charge in [0, 0.05) is 31.9 Å². The predicted molar refractivity (Wildman–Crippen MR) is 68.5 cm³/mol. The van der Waals surface area contributed by atoms with E-state index in [0.717, 1.165) is 18.7 Å². The monoisotopic (exact) mass is 252 g/mol. The van der Waals surface area contributed by atoms with Gasteiger partial charge in [-0.2, -0.15) is 5.10 Å². The standard InChI is InChI=1S/C12H20N4O2/c1-4-9-7-11(14-16(9)3)13-12(17)10-8-15(2)5-6-18-10/h7,10H,4-6,8H2,1-3H3,(H,13,14,17). The number of likely N-dealkylation sites (N-methyl/N-ethyl adjacent to an activating group) is 1. The molecule has 6 heteroatoms. The van der Waals surface area contributed by atoms with Crippen LogP contribution >= 0.6 is 0 Å². The van der Waals surface area contributed by atoms with Crippen LogP contribution in [0.15, 0.2) is 6.07 Å². The highest BCUT2D eigenvalue weighted by Gasteiger charge is 2.25. The van der Waals surface area contributed by atoms with Crippen molar-refractivity contribution in [2.24, 2.45) is 7.05 Å². The summed E-state index contributed by atoms with van der Waals surface area (Å²) in [5.41, 5.74) is 1.09. The largest absolute Gasteiger partial charge is 0.366 e. The fourth-order valence-corrected chi connectivity index (χ4v) is 2.04. The fourth-order valence-electron chi connectivity index (χ4n) is 2.04. The molecular weight excluding hydrogens is 232 g/mol. The quantitative estimate of drug-likeness (QED) is 0.838. The Morgan fingerprint density at radius 2 is 2.39 bits per heavy atom. The van der Waals surface area contributed by atoms with Crippen LogP contribution in [0, 0.1) is 0 Å². The number of rotatable bonds is 3. The van der Waals surface area contributed by atoms with Crippen LogP contribution < -0.4 is 5.32 Å². The third-order valence-electron chi connectivity index (χ3n) is 3.15. The summed E-state index contributed by atoms with van der Waals surface area (Å²) in [5, 5.41) is 7.06. The highest BCUT2D eigenvalue weighted by atomic mass is 16.5. The van der Waals surface area contributed by atoms with Crippen LogP contribution in [-0.2, 0) is 23.0 Å². The Balaban J connectivity index is 1.97. The summed E-state index contributed by atoms with van der Waals surface area (Å²) in [6.07, 6.45) is 0.484. The first-order valence-corrected chi connectivity index (χ1v) is 6.24. The van der Waals surface area contributed by atoms with Gasteiger partial charge in [0.15, 0.2) is 5.82 Å². The van der Waals surface area contributed by atoms with Gasteiger partial charge in [-0.25, -0.2) is 0 Å². The Kier molecular flexibility index (Phi) is 3.98. The minimum absolute atomic E-state index is 0.123. The zero-order chi connectivity index (χ0) is 13.1. The van der Waals surface area contributed by atoms with Crippen LogP contribution in [0.25, 0.3) is 0 Å². The van der Waals surface area contributed by atoms with Gasteiger partial charge in [0.25, 0.3) is 5.91 Å². The molecule has 1 aromatic heterocycles. The third-order valence-corrected chi connectivity index (χ3v) is 3.15. The number of aryl methyl sites for hydroxylation is 2. The average molecular weight is 252 g/mol. The van der Waals surface area contributed by atoms with Crippen LogP contribution in [0.4, 0.5) is 5.82 Å². The maximum Gasteiger partial charge on any atom is 0.256 e. The Labute approximate surface area is 107 Å². The second-order valence-corrected chi connectivity index (χ2v) is 4.61. The molecule has 1 aliphatic rings. The first-order chi connectivity index (χ1) is 8.60. The molecule has 0 radical (unpaired) electrons. The molecule has 1 aromatic rings. The molecule has 1 unspecified atom stereocenters. The molecule has 2 heterocycles. The molecule has 0 bridgehead atoms. The molecule has 18 heavy (non-hydrogen) atoms. The van der Waals surface area contributed by atoms with E-state index in [4.69, 9.17) is 4.74 Å². The van der Waals surface area contributed by atoms with E-state index >= 15 is 0 Å². The molecular formula is C12H20N4O2. The summed E-state index contributed by atoms with van der Waals surface area (Å²) in [6, 6.07) is 1.89. The van der Waals surface area contributed by atoms with Crippen LogP contribution in [-0.4, -0.2) is 53.4 Å². The lowest BCUT2D eigenvalue weighted by atomic mass is 10.2. The first kappa shape index (κ1) is 13.0. The van der Waals surface area contributed by atoms with Crippen molar-refractivity contribution in [3.05, 3.63) is 11.8 Å². The third kappa shape index (κ3) is 2.88. The summed E-state index contributed by atoms with van der Waals surface area (Å²) >= 11 is 0. The van der Waals surface area contributed by atoms with Crippen molar-refractivity contribution in [1.82, 2.24) is 14.7 Å². The molecule has 1 fully saturated rings. The number of carbonyl (C=O) groups excluding carboxylic acids is 1. The van der Waals surface area contributed by atoms with Crippen molar-refractivity contribution in [3.63, 3.8) is 0 Å². The van der Waals surface area contributed by atoms with Gasteiger partial charge in [-0.05, 0) is 13.5 Å². The molecule has 1 aliphatic heterocycles. The van der Waals surface area contributed by atoms with Crippen LogP contribution in [0.3, 0.4) is 0 Å². The zero-order valence-electron chi connectivity index (χ0n) is 11.1. The first-order valence-electron chi connectivity index (χ1n) is 6.24. The minimum atomic E-state index is -0.407. The molecule has 6 nitrogen and oxygen atoms in total. The summed E-state index contributed by atoms with van der Waals surface area (Å²) in [4.78, 5) is 14.1. The van der Waals surface area contributed by atoms with E-state index < -0.39 is 6.10 Å². The number of hydrogen-bond acceptors (Lipinski definition) is 4. The van der Waals surface area contributed by atoms with Gasteiger partial charge in [0.2, 0.25) is 0 Å². The van der Waals surface area contributed by atoms with E-state index in [1.807, 2.05) is 20.2 Å². The second-order valence-electron chi connectivity index (χ2n) is 4.61. The van der Waals surface area contributed by atoms with Crippen LogP contribution in [0.5, 0.6) is 0 Å². The number of nitrogens with one attached hydrogen (secondary N) is 1. The number of carbonyl (C=O) groups is 1. The SMILES string of the molecule is CCc1cc(NC(=O)C2CN(C)CCO2)nn1C. The van der Waals surface area contributed by atoms with E-state index in [0.29, 0.717) is 19.0 Å². The highest BCUT2D eigenvalue weighted by molar-refractivity contribution is 5.93. The lowest BCUT2D eigenvalue weighted by Gasteiger charge is -2.28. The Morgan fingerprint density at radius 3 is 3.00 bits per heavy atom. The molecule has 1 saturated heterocycles. The van der Waals surface area contributed by atoms with E-state index in [9.17, 15) is 4.79 Å². The van der Waals surface area contributed by atoms with Crippen molar-refractivity contribution >= 4 is 11.7 Å². The minimum Gasteiger partial charge on any atom is -0.366 e. The maximum atomic E-state index is 12.0. The molecule has 1 atom stereocenters. The molecule has 1 N–H and O–H groups in total. The highest BCUT2D eigenvalue weighted by Crippen LogP contribution is 2.11. The number of aromatic nitrogens is 2. The van der Waals surface area contributed by atoms with E-state index in [1.54, 1.807) is 4.68 Å². The van der Waals surface area contributed by atoms with Gasteiger partial charge in [-0.1, -0.05) is 6.92 Å². The maximum absolute atomic E-state index is 12.0. The summed E-state index contributed by atoms with van der Waals surface area (Å²) in [5.74, 6) is 0.471. The number of hydrogen-bond donors (Lipinski definition) is 1. The predicted octanol–water partition coefficient (Wildman–Crippen LogP) is 0.252. The fraction of sp³-hybridized carbons (Fsp3) is 0.667. The van der Waals surface area contributed by atoms with Crippen molar-refractivity contribution in [2.45, 2.75) is 19.4 Å². The lowest BCUT2D eigenvalue weighted by Crippen LogP contribution is -2.46. The van der Waals surface area contributed by atoms with Crippen molar-refractivity contribution in [2.75, 3.05) is 32.1 Å². The van der Waals surface area contributed by atoms with Crippen LogP contribution in [0.2, 0.25) is 0 Å². The smallest absolute Gasteiger partial charge is 0.256 e. The normalized spacial score (nSPS) is 20.9. The molecule has 1 amide bonds. The summed E-state index contributed by atoms with van der Waals surface area (Å²) < 4.78 is 7.24. The molecule has 100 valence electrons. The Morgan fingerprint density at radius 1 is 1.61 bits per heavy atom. The number of amides is 1. The van der Waals surface area contributed by atoms with Gasteiger partial charge in [0.05, 0.1) is 6.61 Å². The number of nitrogens with zero attached hydrogens (tertiary/aromatic N) is 3. The summed E-state index contributed by atoms with van der Waals surface area (Å²) in [6.45, 7) is 4.14. The van der Waals surface area contributed by atoms with Crippen LogP contribution in [0.1, 0.15) is 12.6 Å². The van der Waals surface area contributed by atoms with E-state index in [2.05, 4.69) is 22.2 Å². The van der Waals surface area contributed by atoms with Gasteiger partial charge in [-0.15, -0.1) is 0 Å². The summed E-state index contributed by atoms with van der Waals surface area (Å²) in [7, 11) is 3.86. The number of anilines is 1.